The third-order valence-corrected chi connectivity index (χ3v) is 5.04. The molecule has 3 rings (SSSR count). The van der Waals surface area contributed by atoms with Gasteiger partial charge in [-0.2, -0.15) is 0 Å². The largest absolute Gasteiger partial charge is 0.353 e. The molecule has 1 aliphatic heterocycles. The number of dihydropyridines is 1. The summed E-state index contributed by atoms with van der Waals surface area (Å²) in [5, 5.41) is 7.77. The predicted octanol–water partition coefficient (Wildman–Crippen LogP) is 1.86. The van der Waals surface area contributed by atoms with Gasteiger partial charge < -0.3 is 10.6 Å². The van der Waals surface area contributed by atoms with Crippen LogP contribution in [0.15, 0.2) is 22.5 Å². The maximum Gasteiger partial charge on any atom is 0.262 e. The van der Waals surface area contributed by atoms with Crippen LogP contribution in [-0.4, -0.2) is 35.0 Å². The lowest BCUT2D eigenvalue weighted by molar-refractivity contribution is -0.128. The van der Waals surface area contributed by atoms with Crippen LogP contribution in [0.2, 0.25) is 0 Å². The Bertz CT molecular complexity index is 719. The van der Waals surface area contributed by atoms with Crippen molar-refractivity contribution < 1.29 is 14.4 Å². The maximum absolute atomic E-state index is 12.1. The second-order valence-corrected chi connectivity index (χ2v) is 7.05. The minimum Gasteiger partial charge on any atom is -0.353 e. The van der Waals surface area contributed by atoms with E-state index in [0.29, 0.717) is 10.8 Å². The highest BCUT2D eigenvalue weighted by Crippen LogP contribution is 2.19. The molecule has 1 unspecified atom stereocenters. The van der Waals surface area contributed by atoms with Crippen LogP contribution in [0.3, 0.4) is 0 Å². The molecule has 1 aromatic heterocycles. The third kappa shape index (κ3) is 4.82. The number of hydrogen-bond acceptors (Lipinski definition) is 5. The zero-order valence-corrected chi connectivity index (χ0v) is 14.6. The van der Waals surface area contributed by atoms with Crippen molar-refractivity contribution in [2.75, 3.05) is 5.32 Å². The minimum absolute atomic E-state index is 0.0465. The van der Waals surface area contributed by atoms with Crippen LogP contribution in [0.5, 0.6) is 0 Å². The topological polar surface area (TPSA) is 101 Å². The van der Waals surface area contributed by atoms with Crippen molar-refractivity contribution in [3.8, 4) is 0 Å². The molecule has 1 fully saturated rings. The fraction of sp³-hybridized carbons (Fsp3) is 0.471. The second kappa shape index (κ2) is 8.15. The summed E-state index contributed by atoms with van der Waals surface area (Å²) < 4.78 is 0. The Morgan fingerprint density at radius 3 is 2.80 bits per heavy atom. The number of thiazole rings is 1. The smallest absolute Gasteiger partial charge is 0.262 e. The fourth-order valence-electron chi connectivity index (χ4n) is 2.96. The quantitative estimate of drug-likeness (QED) is 0.783. The molecule has 2 N–H and O–H groups in total. The van der Waals surface area contributed by atoms with Crippen LogP contribution >= 0.6 is 11.3 Å². The van der Waals surface area contributed by atoms with Gasteiger partial charge in [-0.05, 0) is 18.9 Å². The highest BCUT2D eigenvalue weighted by atomic mass is 32.1. The summed E-state index contributed by atoms with van der Waals surface area (Å²) in [7, 11) is 0. The fourth-order valence-corrected chi connectivity index (χ4v) is 3.67. The minimum atomic E-state index is -0.924. The summed E-state index contributed by atoms with van der Waals surface area (Å²) in [4.78, 5) is 43.6. The Morgan fingerprint density at radius 1 is 1.24 bits per heavy atom. The van der Waals surface area contributed by atoms with Crippen LogP contribution in [0.4, 0.5) is 5.13 Å². The van der Waals surface area contributed by atoms with E-state index in [2.05, 4.69) is 20.6 Å². The van der Waals surface area contributed by atoms with E-state index in [4.69, 9.17) is 0 Å². The van der Waals surface area contributed by atoms with Gasteiger partial charge in [-0.15, -0.1) is 11.3 Å². The Hall–Kier alpha value is -2.35. The first-order valence-corrected chi connectivity index (χ1v) is 9.29. The van der Waals surface area contributed by atoms with Gasteiger partial charge in [0.05, 0.1) is 12.1 Å². The van der Waals surface area contributed by atoms with Crippen molar-refractivity contribution in [1.82, 2.24) is 10.3 Å². The van der Waals surface area contributed by atoms with Gasteiger partial charge in [-0.3, -0.25) is 14.4 Å². The average molecular weight is 360 g/mol. The van der Waals surface area contributed by atoms with E-state index in [9.17, 15) is 14.4 Å². The predicted molar refractivity (Wildman–Crippen MR) is 95.6 cm³/mol. The number of carbonyl (C=O) groups is 3. The van der Waals surface area contributed by atoms with Gasteiger partial charge in [-0.1, -0.05) is 25.3 Å². The van der Waals surface area contributed by atoms with Gasteiger partial charge in [0, 0.05) is 17.6 Å². The summed E-state index contributed by atoms with van der Waals surface area (Å²) in [6.07, 6.45) is 10.3. The Balaban J connectivity index is 1.50. The number of nitrogens with one attached hydrogen (secondary N) is 2. The highest BCUT2D eigenvalue weighted by molar-refractivity contribution is 7.14. The molecule has 1 atom stereocenters. The molecule has 7 nitrogen and oxygen atoms in total. The van der Waals surface area contributed by atoms with Gasteiger partial charge in [0.25, 0.3) is 5.91 Å². The summed E-state index contributed by atoms with van der Waals surface area (Å²) >= 11 is 1.23. The summed E-state index contributed by atoms with van der Waals surface area (Å²) in [6.45, 7) is 0. The molecule has 1 saturated carbocycles. The van der Waals surface area contributed by atoms with E-state index >= 15 is 0 Å². The van der Waals surface area contributed by atoms with Crippen LogP contribution in [0.25, 0.3) is 0 Å². The molecular weight excluding hydrogens is 340 g/mol. The van der Waals surface area contributed by atoms with Crippen LogP contribution < -0.4 is 10.6 Å². The van der Waals surface area contributed by atoms with E-state index < -0.39 is 17.7 Å². The molecule has 0 saturated heterocycles. The molecular formula is C17H20N4O3S. The van der Waals surface area contributed by atoms with Crippen molar-refractivity contribution in [1.29, 1.82) is 0 Å². The molecule has 2 aliphatic rings. The van der Waals surface area contributed by atoms with Crippen LogP contribution in [0.1, 0.15) is 37.8 Å². The molecule has 0 spiro atoms. The number of aromatic nitrogens is 1. The Morgan fingerprint density at radius 2 is 2.04 bits per heavy atom. The zero-order chi connectivity index (χ0) is 17.6. The number of anilines is 1. The van der Waals surface area contributed by atoms with E-state index in [1.807, 2.05) is 0 Å². The van der Waals surface area contributed by atoms with Gasteiger partial charge in [0.1, 0.15) is 5.92 Å². The number of aliphatic imine (C=N–C) groups is 1. The molecule has 8 heteroatoms. The van der Waals surface area contributed by atoms with Crippen molar-refractivity contribution in [2.24, 2.45) is 10.9 Å². The summed E-state index contributed by atoms with van der Waals surface area (Å²) in [5.74, 6) is -1.93. The highest BCUT2D eigenvalue weighted by Gasteiger charge is 2.25. The summed E-state index contributed by atoms with van der Waals surface area (Å²) in [5.41, 5.74) is 0.608. The SMILES string of the molecule is O=C(Cc1csc(NC(=O)C2C=CC=NC2=O)n1)NC1CCCCC1. The van der Waals surface area contributed by atoms with E-state index in [1.165, 1.54) is 30.0 Å². The normalized spacial score (nSPS) is 20.5. The molecule has 0 aromatic carbocycles. The number of carbonyl (C=O) groups excluding carboxylic acids is 3. The summed E-state index contributed by atoms with van der Waals surface area (Å²) in [6, 6.07) is 0.267. The van der Waals surface area contributed by atoms with E-state index in [0.717, 1.165) is 25.7 Å². The van der Waals surface area contributed by atoms with Crippen LogP contribution in [0, 0.1) is 5.92 Å². The van der Waals surface area contributed by atoms with E-state index in [-0.39, 0.29) is 18.4 Å². The maximum atomic E-state index is 12.1. The molecule has 1 aromatic rings. The molecule has 2 heterocycles. The average Bonchev–Trinajstić information content (AvgIpc) is 3.02. The van der Waals surface area contributed by atoms with Crippen LogP contribution in [-0.2, 0) is 20.8 Å². The first-order chi connectivity index (χ1) is 12.1. The van der Waals surface area contributed by atoms with Crippen molar-refractivity contribution >= 4 is 40.4 Å². The van der Waals surface area contributed by atoms with Crippen molar-refractivity contribution in [3.05, 3.63) is 23.2 Å². The number of amides is 3. The zero-order valence-electron chi connectivity index (χ0n) is 13.7. The molecule has 1 aliphatic carbocycles. The van der Waals surface area contributed by atoms with Gasteiger partial charge in [-0.25, -0.2) is 9.98 Å². The first kappa shape index (κ1) is 17.5. The Labute approximate surface area is 149 Å². The Kier molecular flexibility index (Phi) is 5.70. The molecule has 0 radical (unpaired) electrons. The van der Waals surface area contributed by atoms with Crippen molar-refractivity contribution in [3.63, 3.8) is 0 Å². The van der Waals surface area contributed by atoms with Gasteiger partial charge >= 0.3 is 0 Å². The molecule has 25 heavy (non-hydrogen) atoms. The first-order valence-electron chi connectivity index (χ1n) is 8.41. The monoisotopic (exact) mass is 360 g/mol. The third-order valence-electron chi connectivity index (χ3n) is 4.23. The standard InChI is InChI=1S/C17H20N4O3S/c22-14(19-11-5-2-1-3-6-11)9-12-10-25-17(20-12)21-16(24)13-7-4-8-18-15(13)23/h4,7-8,10-11,13H,1-3,5-6,9H2,(H,19,22)(H,20,21,24). The number of nitrogens with zero attached hydrogens (tertiary/aromatic N) is 2. The number of rotatable bonds is 5. The van der Waals surface area contributed by atoms with Crippen molar-refractivity contribution in [2.45, 2.75) is 44.6 Å². The molecule has 3 amide bonds. The lowest BCUT2D eigenvalue weighted by atomic mass is 9.95. The second-order valence-electron chi connectivity index (χ2n) is 6.19. The number of allylic oxidation sites excluding steroid dienone is 1. The molecule has 0 bridgehead atoms. The number of hydrogen-bond donors (Lipinski definition) is 2. The van der Waals surface area contributed by atoms with Gasteiger partial charge in [0.2, 0.25) is 11.8 Å². The van der Waals surface area contributed by atoms with Gasteiger partial charge in [0.15, 0.2) is 5.13 Å². The lowest BCUT2D eigenvalue weighted by Crippen LogP contribution is -2.37. The van der Waals surface area contributed by atoms with E-state index in [1.54, 1.807) is 11.5 Å². The molecule has 132 valence electrons. The lowest BCUT2D eigenvalue weighted by Gasteiger charge is -2.22.